The van der Waals surface area contributed by atoms with Gasteiger partial charge in [0.15, 0.2) is 5.60 Å². The Kier molecular flexibility index (Phi) is 5.28. The molecule has 0 fully saturated rings. The maximum atomic E-state index is 12.8. The predicted octanol–water partition coefficient (Wildman–Crippen LogP) is 3.79. The van der Waals surface area contributed by atoms with Gasteiger partial charge in [-0.05, 0) is 23.3 Å². The molecule has 0 atom stereocenters. The third-order valence-corrected chi connectivity index (χ3v) is 4.83. The van der Waals surface area contributed by atoms with Gasteiger partial charge in [-0.15, -0.1) is 11.3 Å². The second kappa shape index (κ2) is 7.61. The van der Waals surface area contributed by atoms with E-state index in [-0.39, 0.29) is 0 Å². The molecule has 0 radical (unpaired) electrons. The summed E-state index contributed by atoms with van der Waals surface area (Å²) in [7, 11) is 0. The van der Waals surface area contributed by atoms with Gasteiger partial charge in [-0.2, -0.15) is 5.10 Å². The number of thiophene rings is 1. The van der Waals surface area contributed by atoms with E-state index in [1.807, 2.05) is 12.1 Å². The van der Waals surface area contributed by atoms with Crippen molar-refractivity contribution in [2.45, 2.75) is 5.60 Å². The van der Waals surface area contributed by atoms with Gasteiger partial charge in [0.2, 0.25) is 0 Å². The number of hydrazone groups is 1. The molecule has 6 heteroatoms. The number of nitrogens with zero attached hydrogens (tertiary/aromatic N) is 1. The Labute approximate surface area is 154 Å². The van der Waals surface area contributed by atoms with Crippen LogP contribution in [0, 0.1) is 0 Å². The molecule has 2 aromatic carbocycles. The highest BCUT2D eigenvalue weighted by molar-refractivity contribution is 7.17. The van der Waals surface area contributed by atoms with Crippen LogP contribution in [0.15, 0.2) is 77.9 Å². The van der Waals surface area contributed by atoms with E-state index >= 15 is 0 Å². The predicted molar refractivity (Wildman–Crippen MR) is 101 cm³/mol. The minimum absolute atomic E-state index is 0.466. The summed E-state index contributed by atoms with van der Waals surface area (Å²) < 4.78 is 0.637. The molecule has 126 valence electrons. The van der Waals surface area contributed by atoms with Crippen molar-refractivity contribution >= 4 is 35.1 Å². The summed E-state index contributed by atoms with van der Waals surface area (Å²) in [4.78, 5) is 13.6. The maximum absolute atomic E-state index is 12.8. The lowest BCUT2D eigenvalue weighted by Crippen LogP contribution is -2.43. The topological polar surface area (TPSA) is 61.7 Å². The van der Waals surface area contributed by atoms with E-state index in [1.165, 1.54) is 17.6 Å². The molecule has 0 spiro atoms. The van der Waals surface area contributed by atoms with Crippen LogP contribution in [0.1, 0.15) is 16.0 Å². The van der Waals surface area contributed by atoms with Crippen LogP contribution in [-0.4, -0.2) is 17.2 Å². The van der Waals surface area contributed by atoms with Crippen LogP contribution in [-0.2, 0) is 10.4 Å². The zero-order valence-electron chi connectivity index (χ0n) is 13.1. The minimum Gasteiger partial charge on any atom is -0.372 e. The Morgan fingerprint density at radius 2 is 1.56 bits per heavy atom. The van der Waals surface area contributed by atoms with Gasteiger partial charge in [0.1, 0.15) is 0 Å². The SMILES string of the molecule is O=C(N/N=C\c1ccc(Cl)s1)C(O)(c1ccccc1)c1ccccc1. The van der Waals surface area contributed by atoms with E-state index < -0.39 is 11.5 Å². The summed E-state index contributed by atoms with van der Waals surface area (Å²) in [6.07, 6.45) is 1.49. The lowest BCUT2D eigenvalue weighted by atomic mass is 9.85. The van der Waals surface area contributed by atoms with E-state index in [0.29, 0.717) is 15.5 Å². The molecule has 0 aliphatic rings. The van der Waals surface area contributed by atoms with Crippen molar-refractivity contribution in [1.82, 2.24) is 5.43 Å². The van der Waals surface area contributed by atoms with Crippen LogP contribution in [0.5, 0.6) is 0 Å². The number of rotatable bonds is 5. The summed E-state index contributed by atoms with van der Waals surface area (Å²) in [5, 5.41) is 15.2. The number of nitrogens with one attached hydrogen (secondary N) is 1. The Hall–Kier alpha value is -2.47. The highest BCUT2D eigenvalue weighted by Crippen LogP contribution is 2.29. The first-order valence-corrected chi connectivity index (χ1v) is 8.72. The summed E-state index contributed by atoms with van der Waals surface area (Å²) in [6.45, 7) is 0. The standard InChI is InChI=1S/C19H15ClN2O2S/c20-17-12-11-16(25-17)13-21-22-18(23)19(24,14-7-3-1-4-8-14)15-9-5-2-6-10-15/h1-13,24H,(H,22,23)/b21-13-. The quantitative estimate of drug-likeness (QED) is 0.530. The maximum Gasteiger partial charge on any atom is 0.281 e. The van der Waals surface area contributed by atoms with E-state index in [9.17, 15) is 9.90 Å². The zero-order valence-corrected chi connectivity index (χ0v) is 14.7. The first kappa shape index (κ1) is 17.4. The number of hydrogen-bond acceptors (Lipinski definition) is 4. The van der Waals surface area contributed by atoms with Gasteiger partial charge in [0.25, 0.3) is 5.91 Å². The van der Waals surface area contributed by atoms with Crippen molar-refractivity contribution in [3.8, 4) is 0 Å². The second-order valence-electron chi connectivity index (χ2n) is 5.28. The van der Waals surface area contributed by atoms with E-state index in [1.54, 1.807) is 60.7 Å². The molecular formula is C19H15ClN2O2S. The molecule has 1 heterocycles. The Morgan fingerprint density at radius 3 is 2.04 bits per heavy atom. The number of carbonyl (C=O) groups is 1. The second-order valence-corrected chi connectivity index (χ2v) is 7.03. The fourth-order valence-electron chi connectivity index (χ4n) is 2.42. The molecule has 0 bridgehead atoms. The molecule has 2 N–H and O–H groups in total. The van der Waals surface area contributed by atoms with Gasteiger partial charge in [-0.1, -0.05) is 72.3 Å². The van der Waals surface area contributed by atoms with Crippen LogP contribution < -0.4 is 5.43 Å². The number of amides is 1. The fourth-order valence-corrected chi connectivity index (χ4v) is 3.35. The van der Waals surface area contributed by atoms with Crippen molar-refractivity contribution in [2.75, 3.05) is 0 Å². The van der Waals surface area contributed by atoms with E-state index in [4.69, 9.17) is 11.6 Å². The monoisotopic (exact) mass is 370 g/mol. The summed E-state index contributed by atoms with van der Waals surface area (Å²) in [5.41, 5.74) is 1.51. The minimum atomic E-state index is -1.84. The van der Waals surface area contributed by atoms with Crippen LogP contribution in [0.25, 0.3) is 0 Å². The summed E-state index contributed by atoms with van der Waals surface area (Å²) in [5.74, 6) is -0.635. The number of benzene rings is 2. The highest BCUT2D eigenvalue weighted by Gasteiger charge is 2.39. The van der Waals surface area contributed by atoms with Crippen LogP contribution >= 0.6 is 22.9 Å². The summed E-state index contributed by atoms with van der Waals surface area (Å²) >= 11 is 7.21. The Bertz CT molecular complexity index is 839. The van der Waals surface area contributed by atoms with Crippen molar-refractivity contribution in [3.05, 3.63) is 93.1 Å². The smallest absolute Gasteiger partial charge is 0.281 e. The van der Waals surface area contributed by atoms with Gasteiger partial charge in [0.05, 0.1) is 10.6 Å². The van der Waals surface area contributed by atoms with Gasteiger partial charge in [0, 0.05) is 4.88 Å². The average molecular weight is 371 g/mol. The molecule has 25 heavy (non-hydrogen) atoms. The largest absolute Gasteiger partial charge is 0.372 e. The van der Waals surface area contributed by atoms with Crippen molar-refractivity contribution < 1.29 is 9.90 Å². The van der Waals surface area contributed by atoms with Crippen molar-refractivity contribution in [3.63, 3.8) is 0 Å². The Morgan fingerprint density at radius 1 is 1.00 bits per heavy atom. The molecule has 1 aromatic heterocycles. The first-order chi connectivity index (χ1) is 12.1. The lowest BCUT2D eigenvalue weighted by molar-refractivity contribution is -0.136. The third kappa shape index (κ3) is 3.79. The van der Waals surface area contributed by atoms with Crippen LogP contribution in [0.3, 0.4) is 0 Å². The summed E-state index contributed by atoms with van der Waals surface area (Å²) in [6, 6.07) is 21.1. The fraction of sp³-hybridized carbons (Fsp3) is 0.0526. The molecule has 4 nitrogen and oxygen atoms in total. The number of hydrogen-bond donors (Lipinski definition) is 2. The Balaban J connectivity index is 1.89. The molecule has 0 saturated carbocycles. The van der Waals surface area contributed by atoms with Gasteiger partial charge >= 0.3 is 0 Å². The molecule has 0 aliphatic carbocycles. The van der Waals surface area contributed by atoms with Crippen LogP contribution in [0.4, 0.5) is 0 Å². The molecule has 0 aliphatic heterocycles. The normalized spacial score (nSPS) is 11.6. The molecule has 3 aromatic rings. The number of aliphatic hydroxyl groups is 1. The van der Waals surface area contributed by atoms with Crippen LogP contribution in [0.2, 0.25) is 4.34 Å². The number of carbonyl (C=O) groups excluding carboxylic acids is 1. The molecule has 0 unspecified atom stereocenters. The first-order valence-electron chi connectivity index (χ1n) is 7.53. The molecule has 0 saturated heterocycles. The molecule has 3 rings (SSSR count). The van der Waals surface area contributed by atoms with E-state index in [0.717, 1.165) is 4.88 Å². The number of halogens is 1. The van der Waals surface area contributed by atoms with E-state index in [2.05, 4.69) is 10.5 Å². The molecule has 1 amide bonds. The van der Waals surface area contributed by atoms with Crippen molar-refractivity contribution in [1.29, 1.82) is 0 Å². The zero-order chi connectivity index (χ0) is 17.7. The van der Waals surface area contributed by atoms with Gasteiger partial charge < -0.3 is 5.11 Å². The average Bonchev–Trinajstić information content (AvgIpc) is 3.07. The van der Waals surface area contributed by atoms with Crippen molar-refractivity contribution in [2.24, 2.45) is 5.10 Å². The molecular weight excluding hydrogens is 356 g/mol. The van der Waals surface area contributed by atoms with Gasteiger partial charge in [-0.3, -0.25) is 4.79 Å². The highest BCUT2D eigenvalue weighted by atomic mass is 35.5. The van der Waals surface area contributed by atoms with Gasteiger partial charge in [-0.25, -0.2) is 5.43 Å². The lowest BCUT2D eigenvalue weighted by Gasteiger charge is -2.26. The third-order valence-electron chi connectivity index (χ3n) is 3.66.